The molecule has 3 heteroatoms. The largest absolute Gasteiger partial charge is 0.304 e. The molecule has 0 N–H and O–H groups in total. The molecule has 2 rings (SSSR count). The molecular weight excluding hydrogens is 198 g/mol. The molecule has 0 unspecified atom stereocenters. The first-order valence-corrected chi connectivity index (χ1v) is 5.68. The lowest BCUT2D eigenvalue weighted by molar-refractivity contribution is 0.395. The van der Waals surface area contributed by atoms with Crippen molar-refractivity contribution in [1.29, 1.82) is 0 Å². The van der Waals surface area contributed by atoms with Crippen LogP contribution in [0, 0.1) is 0 Å². The van der Waals surface area contributed by atoms with Crippen LogP contribution in [0.5, 0.6) is 0 Å². The Bertz CT molecular complexity index is 483. The second-order valence-electron chi connectivity index (χ2n) is 4.83. The molecule has 16 heavy (non-hydrogen) atoms. The summed E-state index contributed by atoms with van der Waals surface area (Å²) in [6.07, 6.45) is 4.16. The Balaban J connectivity index is 2.47. The number of rotatable bonds is 3. The predicted octanol–water partition coefficient (Wildman–Crippen LogP) is 2.52. The van der Waals surface area contributed by atoms with E-state index in [1.54, 1.807) is 0 Å². The zero-order valence-corrected chi connectivity index (χ0v) is 10.4. The van der Waals surface area contributed by atoms with Crippen molar-refractivity contribution in [1.82, 2.24) is 14.3 Å². The van der Waals surface area contributed by atoms with Crippen LogP contribution in [0.4, 0.5) is 0 Å². The summed E-state index contributed by atoms with van der Waals surface area (Å²) in [5.74, 6) is 0.555. The van der Waals surface area contributed by atoms with Crippen molar-refractivity contribution in [3.63, 3.8) is 0 Å². The van der Waals surface area contributed by atoms with Crippen molar-refractivity contribution in [3.8, 4) is 0 Å². The van der Waals surface area contributed by atoms with Crippen LogP contribution in [0.25, 0.3) is 5.65 Å². The summed E-state index contributed by atoms with van der Waals surface area (Å²) < 4.78 is 2.19. The summed E-state index contributed by atoms with van der Waals surface area (Å²) in [6.45, 7) is 5.34. The van der Waals surface area contributed by atoms with E-state index in [-0.39, 0.29) is 0 Å². The molecule has 0 amide bonds. The summed E-state index contributed by atoms with van der Waals surface area (Å²) >= 11 is 0. The third kappa shape index (κ3) is 2.09. The van der Waals surface area contributed by atoms with Gasteiger partial charge in [-0.2, -0.15) is 0 Å². The molecule has 0 aromatic carbocycles. The maximum Gasteiger partial charge on any atom is 0.136 e. The molecule has 3 nitrogen and oxygen atoms in total. The lowest BCUT2D eigenvalue weighted by Gasteiger charge is -2.11. The van der Waals surface area contributed by atoms with Gasteiger partial charge in [-0.15, -0.1) is 0 Å². The third-order valence-corrected chi connectivity index (χ3v) is 2.75. The van der Waals surface area contributed by atoms with Gasteiger partial charge in [-0.25, -0.2) is 4.98 Å². The highest BCUT2D eigenvalue weighted by Gasteiger charge is 2.06. The van der Waals surface area contributed by atoms with Gasteiger partial charge in [0.15, 0.2) is 0 Å². The van der Waals surface area contributed by atoms with E-state index in [9.17, 15) is 0 Å². The van der Waals surface area contributed by atoms with Gasteiger partial charge in [-0.1, -0.05) is 19.9 Å². The Kier molecular flexibility index (Phi) is 2.97. The van der Waals surface area contributed by atoms with Gasteiger partial charge in [0.2, 0.25) is 0 Å². The van der Waals surface area contributed by atoms with Crippen LogP contribution < -0.4 is 0 Å². The first kappa shape index (κ1) is 11.1. The van der Waals surface area contributed by atoms with Crippen LogP contribution >= 0.6 is 0 Å². The summed E-state index contributed by atoms with van der Waals surface area (Å²) in [5.41, 5.74) is 3.62. The smallest absolute Gasteiger partial charge is 0.136 e. The van der Waals surface area contributed by atoms with Gasteiger partial charge in [0, 0.05) is 12.7 Å². The monoisotopic (exact) mass is 217 g/mol. The molecule has 2 aromatic rings. The van der Waals surface area contributed by atoms with E-state index in [1.165, 1.54) is 11.3 Å². The molecule has 0 saturated carbocycles. The summed E-state index contributed by atoms with van der Waals surface area (Å²) in [4.78, 5) is 6.57. The quantitative estimate of drug-likeness (QED) is 0.787. The van der Waals surface area contributed by atoms with E-state index < -0.39 is 0 Å². The Morgan fingerprint density at radius 2 is 2.06 bits per heavy atom. The molecule has 0 aliphatic rings. The lowest BCUT2D eigenvalue weighted by Crippen LogP contribution is -2.12. The average molecular weight is 217 g/mol. The van der Waals surface area contributed by atoms with Gasteiger partial charge in [-0.05, 0) is 31.6 Å². The standard InChI is InChI=1S/C13H19N3/c1-10(2)11-5-6-13-14-7-12(9-15(3)4)16(13)8-11/h5-8,10H,9H2,1-4H3. The predicted molar refractivity (Wildman–Crippen MR) is 66.7 cm³/mol. The molecule has 0 bridgehead atoms. The first-order valence-electron chi connectivity index (χ1n) is 5.68. The lowest BCUT2D eigenvalue weighted by atomic mass is 10.1. The zero-order valence-electron chi connectivity index (χ0n) is 10.4. The number of imidazole rings is 1. The topological polar surface area (TPSA) is 20.5 Å². The van der Waals surface area contributed by atoms with Crippen molar-refractivity contribution >= 4 is 5.65 Å². The maximum atomic E-state index is 4.41. The number of nitrogens with zero attached hydrogens (tertiary/aromatic N) is 3. The molecule has 0 radical (unpaired) electrons. The van der Waals surface area contributed by atoms with Gasteiger partial charge < -0.3 is 9.30 Å². The highest BCUT2D eigenvalue weighted by Crippen LogP contribution is 2.16. The van der Waals surface area contributed by atoms with E-state index in [0.29, 0.717) is 5.92 Å². The van der Waals surface area contributed by atoms with Crippen molar-refractivity contribution in [2.24, 2.45) is 0 Å². The second-order valence-corrected chi connectivity index (χ2v) is 4.83. The van der Waals surface area contributed by atoms with E-state index in [4.69, 9.17) is 0 Å². The van der Waals surface area contributed by atoms with Gasteiger partial charge in [0.25, 0.3) is 0 Å². The maximum absolute atomic E-state index is 4.41. The molecule has 86 valence electrons. The summed E-state index contributed by atoms with van der Waals surface area (Å²) in [6, 6.07) is 4.25. The highest BCUT2D eigenvalue weighted by molar-refractivity contribution is 5.42. The normalized spacial score (nSPS) is 11.9. The Morgan fingerprint density at radius 1 is 1.31 bits per heavy atom. The highest BCUT2D eigenvalue weighted by atomic mass is 15.1. The number of aromatic nitrogens is 2. The minimum absolute atomic E-state index is 0.555. The van der Waals surface area contributed by atoms with E-state index in [0.717, 1.165) is 12.2 Å². The van der Waals surface area contributed by atoms with Gasteiger partial charge >= 0.3 is 0 Å². The number of pyridine rings is 1. The summed E-state index contributed by atoms with van der Waals surface area (Å²) in [7, 11) is 4.15. The van der Waals surface area contributed by atoms with Crippen molar-refractivity contribution in [2.45, 2.75) is 26.3 Å². The second kappa shape index (κ2) is 4.26. The molecular formula is C13H19N3. The van der Waals surface area contributed by atoms with E-state index in [1.807, 2.05) is 6.20 Å². The molecule has 0 aliphatic heterocycles. The van der Waals surface area contributed by atoms with Gasteiger partial charge in [0.1, 0.15) is 5.65 Å². The number of fused-ring (bicyclic) bond motifs is 1. The van der Waals surface area contributed by atoms with Gasteiger partial charge in [-0.3, -0.25) is 0 Å². The molecule has 2 aromatic heterocycles. The molecule has 0 fully saturated rings. The minimum atomic E-state index is 0.555. The van der Waals surface area contributed by atoms with Gasteiger partial charge in [0.05, 0.1) is 11.9 Å². The fourth-order valence-corrected chi connectivity index (χ4v) is 1.83. The van der Waals surface area contributed by atoms with Crippen molar-refractivity contribution in [3.05, 3.63) is 35.8 Å². The van der Waals surface area contributed by atoms with Crippen molar-refractivity contribution in [2.75, 3.05) is 14.1 Å². The van der Waals surface area contributed by atoms with Crippen LogP contribution in [0.1, 0.15) is 31.0 Å². The van der Waals surface area contributed by atoms with Crippen LogP contribution in [0.15, 0.2) is 24.5 Å². The Hall–Kier alpha value is -1.35. The molecule has 0 saturated heterocycles. The molecule has 0 atom stereocenters. The van der Waals surface area contributed by atoms with Crippen LogP contribution in [0.3, 0.4) is 0 Å². The third-order valence-electron chi connectivity index (χ3n) is 2.75. The fraction of sp³-hybridized carbons (Fsp3) is 0.462. The van der Waals surface area contributed by atoms with Crippen LogP contribution in [-0.2, 0) is 6.54 Å². The van der Waals surface area contributed by atoms with Crippen molar-refractivity contribution < 1.29 is 0 Å². The number of hydrogen-bond acceptors (Lipinski definition) is 2. The summed E-state index contributed by atoms with van der Waals surface area (Å²) in [5, 5.41) is 0. The SMILES string of the molecule is CC(C)c1ccc2ncc(CN(C)C)n2c1. The Labute approximate surface area is 96.7 Å². The average Bonchev–Trinajstić information content (AvgIpc) is 2.60. The van der Waals surface area contributed by atoms with Crippen LogP contribution in [0.2, 0.25) is 0 Å². The number of hydrogen-bond donors (Lipinski definition) is 0. The molecule has 0 aliphatic carbocycles. The Morgan fingerprint density at radius 3 is 2.69 bits per heavy atom. The molecule has 0 spiro atoms. The van der Waals surface area contributed by atoms with E-state index in [2.05, 4.69) is 60.6 Å². The first-order chi connectivity index (χ1) is 7.58. The van der Waals surface area contributed by atoms with E-state index >= 15 is 0 Å². The zero-order chi connectivity index (χ0) is 11.7. The minimum Gasteiger partial charge on any atom is -0.304 e. The van der Waals surface area contributed by atoms with Crippen LogP contribution in [-0.4, -0.2) is 28.4 Å². The molecule has 2 heterocycles. The fourth-order valence-electron chi connectivity index (χ4n) is 1.83.